The lowest BCUT2D eigenvalue weighted by Gasteiger charge is -2.55. The van der Waals surface area contributed by atoms with Gasteiger partial charge in [0.15, 0.2) is 23.0 Å². The van der Waals surface area contributed by atoms with Gasteiger partial charge in [-0.3, -0.25) is 9.69 Å². The van der Waals surface area contributed by atoms with E-state index in [2.05, 4.69) is 0 Å². The highest BCUT2D eigenvalue weighted by atomic mass is 32.2. The minimum atomic E-state index is -1.14. The van der Waals surface area contributed by atoms with Crippen LogP contribution in [-0.2, 0) is 40.3 Å². The Morgan fingerprint density at radius 1 is 0.734 bits per heavy atom. The molecule has 2 aliphatic rings. The monoisotopic (exact) mass is 890 g/mol. The van der Waals surface area contributed by atoms with Gasteiger partial charge in [0.1, 0.15) is 35.1 Å². The van der Waals surface area contributed by atoms with Gasteiger partial charge in [0.25, 0.3) is 0 Å². The van der Waals surface area contributed by atoms with E-state index in [4.69, 9.17) is 33.2 Å². The van der Waals surface area contributed by atoms with Gasteiger partial charge < -0.3 is 43.2 Å². The molecule has 0 saturated carbocycles. The molecule has 0 aliphatic carbocycles. The fourth-order valence-corrected chi connectivity index (χ4v) is 10.3. The van der Waals surface area contributed by atoms with E-state index in [9.17, 15) is 9.90 Å². The van der Waals surface area contributed by atoms with Crippen molar-refractivity contribution in [2.24, 2.45) is 0 Å². The average molecular weight is 891 g/mol. The smallest absolute Gasteiger partial charge is 0.411 e. The van der Waals surface area contributed by atoms with E-state index in [-0.39, 0.29) is 50.1 Å². The van der Waals surface area contributed by atoms with Crippen LogP contribution in [0.5, 0.6) is 34.5 Å². The van der Waals surface area contributed by atoms with Crippen molar-refractivity contribution in [3.63, 3.8) is 0 Å². The number of nitrogens with zero attached hydrogens (tertiary/aromatic N) is 2. The molecule has 338 valence electrons. The molecule has 2 amide bonds. The number of piperazine rings is 1. The largest absolute Gasteiger partial charge is 0.504 e. The molecule has 2 aliphatic heterocycles. The molecule has 0 spiro atoms. The predicted octanol–water partition coefficient (Wildman–Crippen LogP) is 9.61. The van der Waals surface area contributed by atoms with Crippen LogP contribution in [0.25, 0.3) is 0 Å². The van der Waals surface area contributed by atoms with Crippen LogP contribution in [0.2, 0.25) is 0 Å². The number of benzene rings is 5. The number of hydrogen-bond donors (Lipinski definition) is 1. The quantitative estimate of drug-likeness (QED) is 0.108. The van der Waals surface area contributed by atoms with Crippen LogP contribution in [0, 0.1) is 13.8 Å². The molecule has 0 bridgehead atoms. The second-order valence-corrected chi connectivity index (χ2v) is 18.1. The number of rotatable bonds is 15. The Morgan fingerprint density at radius 3 is 1.88 bits per heavy atom. The van der Waals surface area contributed by atoms with Crippen LogP contribution >= 0.6 is 11.8 Å². The summed E-state index contributed by atoms with van der Waals surface area (Å²) in [6.45, 7) is 9.70. The van der Waals surface area contributed by atoms with Crippen LogP contribution in [0.1, 0.15) is 65.8 Å². The molecule has 5 aromatic carbocycles. The number of hydrogen-bond acceptors (Lipinski definition) is 11. The first-order valence-electron chi connectivity index (χ1n) is 21.3. The summed E-state index contributed by atoms with van der Waals surface area (Å²) >= 11 is 1.48. The molecule has 4 atom stereocenters. The molecular weight excluding hydrogens is 833 g/mol. The lowest BCUT2D eigenvalue weighted by molar-refractivity contribution is -0.154. The van der Waals surface area contributed by atoms with Crippen molar-refractivity contribution in [3.05, 3.63) is 136 Å². The molecule has 0 aromatic heterocycles. The highest BCUT2D eigenvalue weighted by molar-refractivity contribution is 8.00. The molecule has 0 radical (unpaired) electrons. The van der Waals surface area contributed by atoms with Crippen molar-refractivity contribution >= 4 is 23.8 Å². The summed E-state index contributed by atoms with van der Waals surface area (Å²) in [4.78, 5) is 35.3. The second-order valence-electron chi connectivity index (χ2n) is 16.9. The molecule has 64 heavy (non-hydrogen) atoms. The number of amides is 2. The minimum absolute atomic E-state index is 0.0307. The molecule has 1 N–H and O–H groups in total. The maximum atomic E-state index is 16.0. The van der Waals surface area contributed by atoms with E-state index < -0.39 is 35.2 Å². The van der Waals surface area contributed by atoms with Crippen molar-refractivity contribution in [1.82, 2.24) is 9.80 Å². The number of ether oxygens (including phenoxy) is 7. The lowest BCUT2D eigenvalue weighted by Crippen LogP contribution is -2.70. The third kappa shape index (κ3) is 9.42. The summed E-state index contributed by atoms with van der Waals surface area (Å²) < 4.78 is 43.5. The normalized spacial score (nSPS) is 18.2. The van der Waals surface area contributed by atoms with Crippen LogP contribution in [0.3, 0.4) is 0 Å². The van der Waals surface area contributed by atoms with E-state index >= 15 is 4.79 Å². The Kier molecular flexibility index (Phi) is 14.2. The summed E-state index contributed by atoms with van der Waals surface area (Å²) in [5.74, 6) is 1.78. The lowest BCUT2D eigenvalue weighted by atomic mass is 9.82. The first-order valence-corrected chi connectivity index (χ1v) is 22.2. The Hall–Kier alpha value is -6.05. The number of carbonyl (C=O) groups is 2. The van der Waals surface area contributed by atoms with Gasteiger partial charge in [-0.15, -0.1) is 0 Å². The molecule has 7 rings (SSSR count). The van der Waals surface area contributed by atoms with Gasteiger partial charge >= 0.3 is 6.09 Å². The summed E-state index contributed by atoms with van der Waals surface area (Å²) in [7, 11) is 6.23. The molecule has 2 heterocycles. The average Bonchev–Trinajstić information content (AvgIpc) is 3.27. The summed E-state index contributed by atoms with van der Waals surface area (Å²) in [6, 6.07) is 28.5. The van der Waals surface area contributed by atoms with E-state index in [1.54, 1.807) is 46.8 Å². The first kappa shape index (κ1) is 46.0. The molecular formula is C51H58N2O10S. The van der Waals surface area contributed by atoms with Gasteiger partial charge in [-0.1, -0.05) is 90.6 Å². The Morgan fingerprint density at radius 2 is 1.30 bits per heavy atom. The molecule has 1 fully saturated rings. The van der Waals surface area contributed by atoms with Gasteiger partial charge in [-0.25, -0.2) is 4.79 Å². The zero-order chi connectivity index (χ0) is 45.7. The summed E-state index contributed by atoms with van der Waals surface area (Å²) in [5, 5.41) is 10.5. The molecule has 0 unspecified atom stereocenters. The third-order valence-electron chi connectivity index (χ3n) is 11.6. The zero-order valence-corrected chi connectivity index (χ0v) is 38.8. The molecule has 5 aromatic rings. The van der Waals surface area contributed by atoms with Gasteiger partial charge in [0.05, 0.1) is 53.7 Å². The van der Waals surface area contributed by atoms with Gasteiger partial charge in [-0.2, -0.15) is 0 Å². The van der Waals surface area contributed by atoms with Crippen molar-refractivity contribution in [2.75, 3.05) is 35.0 Å². The molecule has 13 heteroatoms. The number of fused-ring (bicyclic) bond motifs is 2. The van der Waals surface area contributed by atoms with Crippen molar-refractivity contribution in [2.45, 2.75) is 94.7 Å². The van der Waals surface area contributed by atoms with Crippen molar-refractivity contribution < 1.29 is 47.9 Å². The highest BCUT2D eigenvalue weighted by Gasteiger charge is 2.56. The second kappa shape index (κ2) is 19.8. The standard InChI is InChI=1S/C51H58N2O10S/c1-31-43(57-6)35(26-41(54)45(31)59-8)25-38-48(55)52-39(49(64-36-23-17-12-18-24-36)53(38)50(56)63-51(3,4)5)27-37-42(40(52)30-61-28-33-19-13-10-14-20-33)47(46(60-9)32(2)44(37)58-7)62-29-34-21-15-11-16-22-34/h10-24,26,38-40,49,54H,25,27-30H2,1-9H3/t38-,39-,40-,49+/m0/s1. The van der Waals surface area contributed by atoms with Gasteiger partial charge in [-0.05, 0) is 70.4 Å². The van der Waals surface area contributed by atoms with Gasteiger partial charge in [0, 0.05) is 39.1 Å². The number of phenols is 1. The maximum Gasteiger partial charge on any atom is 0.411 e. The minimum Gasteiger partial charge on any atom is -0.504 e. The number of thioether (sulfide) groups is 1. The highest BCUT2D eigenvalue weighted by Crippen LogP contribution is 2.54. The fraction of sp³-hybridized carbons (Fsp3) is 0.373. The van der Waals surface area contributed by atoms with Crippen LogP contribution in [0.4, 0.5) is 4.79 Å². The summed E-state index contributed by atoms with van der Waals surface area (Å²) in [6.07, 6.45) is -0.398. The maximum absolute atomic E-state index is 16.0. The third-order valence-corrected chi connectivity index (χ3v) is 12.9. The van der Waals surface area contributed by atoms with Crippen LogP contribution in [-0.4, -0.2) is 85.0 Å². The first-order chi connectivity index (χ1) is 30.8. The van der Waals surface area contributed by atoms with Crippen molar-refractivity contribution in [3.8, 4) is 34.5 Å². The fourth-order valence-electron chi connectivity index (χ4n) is 8.98. The van der Waals surface area contributed by atoms with E-state index in [0.29, 0.717) is 39.7 Å². The molecule has 1 saturated heterocycles. The number of aromatic hydroxyl groups is 1. The van der Waals surface area contributed by atoms with Crippen LogP contribution in [0.15, 0.2) is 102 Å². The van der Waals surface area contributed by atoms with E-state index in [0.717, 1.165) is 27.1 Å². The number of carbonyl (C=O) groups excluding carboxylic acids is 2. The topological polar surface area (TPSA) is 125 Å². The zero-order valence-electron chi connectivity index (χ0n) is 38.0. The van der Waals surface area contributed by atoms with Crippen molar-refractivity contribution in [1.29, 1.82) is 0 Å². The number of methoxy groups -OCH3 is 4. The number of phenolic OH excluding ortho intramolecular Hbond substituents is 1. The van der Waals surface area contributed by atoms with Gasteiger partial charge in [0.2, 0.25) is 5.91 Å². The predicted molar refractivity (Wildman–Crippen MR) is 246 cm³/mol. The Labute approximate surface area is 380 Å². The Bertz CT molecular complexity index is 2430. The summed E-state index contributed by atoms with van der Waals surface area (Å²) in [5.41, 5.74) is 4.34. The van der Waals surface area contributed by atoms with E-state index in [1.807, 2.05) is 103 Å². The molecule has 12 nitrogen and oxygen atoms in total. The van der Waals surface area contributed by atoms with E-state index in [1.165, 1.54) is 32.0 Å². The SMILES string of the molecule is COc1c(O)cc(C[C@H]2C(=O)N3[C@@H](COCc4ccccc4)c4c(c(OC)c(C)c(OC)c4OCc4ccccc4)C[C@H]3[C@@H](Sc3ccccc3)N2C(=O)OC(C)(C)C)c(OC)c1C. The Balaban J connectivity index is 1.47. The van der Waals surface area contributed by atoms with Crippen LogP contribution < -0.4 is 23.7 Å².